The highest BCUT2D eigenvalue weighted by Crippen LogP contribution is 2.29. The number of ether oxygens (including phenoxy) is 2. The van der Waals surface area contributed by atoms with Gasteiger partial charge in [0.25, 0.3) is 11.6 Å². The molecule has 0 aliphatic carbocycles. The highest BCUT2D eigenvalue weighted by molar-refractivity contribution is 5.96. The van der Waals surface area contributed by atoms with Crippen molar-refractivity contribution in [3.63, 3.8) is 0 Å². The van der Waals surface area contributed by atoms with Crippen LogP contribution >= 0.6 is 0 Å². The number of nitrogens with one attached hydrogen (secondary N) is 1. The normalized spacial score (nSPS) is 11.5. The number of nitro benzene ring substituents is 1. The molecule has 0 radical (unpaired) electrons. The lowest BCUT2D eigenvalue weighted by Gasteiger charge is -2.19. The molecule has 0 spiro atoms. The maximum Gasteiger partial charge on any atom is 0.271 e. The van der Waals surface area contributed by atoms with Gasteiger partial charge in [-0.1, -0.05) is 24.6 Å². The van der Waals surface area contributed by atoms with Crippen molar-refractivity contribution in [3.8, 4) is 11.5 Å². The van der Waals surface area contributed by atoms with Crippen LogP contribution in [0.2, 0.25) is 0 Å². The first kappa shape index (κ1) is 19.2. The number of nitrogens with zero attached hydrogens (tertiary/aromatic N) is 1. The van der Waals surface area contributed by atoms with Crippen LogP contribution < -0.4 is 14.8 Å². The largest absolute Gasteiger partial charge is 0.495 e. The zero-order valence-corrected chi connectivity index (χ0v) is 15.2. The fourth-order valence-corrected chi connectivity index (χ4v) is 2.53. The second kappa shape index (κ2) is 8.33. The highest BCUT2D eigenvalue weighted by atomic mass is 16.6. The average molecular weight is 358 g/mol. The molecule has 0 heterocycles. The fourth-order valence-electron chi connectivity index (χ4n) is 2.53. The summed E-state index contributed by atoms with van der Waals surface area (Å²) in [6.07, 6.45) is -0.295. The molecule has 0 bridgehead atoms. The molecule has 0 aliphatic heterocycles. The summed E-state index contributed by atoms with van der Waals surface area (Å²) in [6, 6.07) is 9.74. The number of methoxy groups -OCH3 is 1. The van der Waals surface area contributed by atoms with E-state index in [4.69, 9.17) is 9.47 Å². The lowest BCUT2D eigenvalue weighted by Crippen LogP contribution is -2.32. The zero-order chi connectivity index (χ0) is 19.3. The zero-order valence-electron chi connectivity index (χ0n) is 15.2. The summed E-state index contributed by atoms with van der Waals surface area (Å²) in [4.78, 5) is 23.0. The number of hydrogen-bond donors (Lipinski definition) is 1. The standard InChI is InChI=1S/C19H22N2O5/c1-5-16(26-17-8-6-12(2)10-13(17)3)19(22)20-15-11-14(21(23)24)7-9-18(15)25-4/h6-11,16H,5H2,1-4H3,(H,20,22). The highest BCUT2D eigenvalue weighted by Gasteiger charge is 2.22. The number of anilines is 1. The molecule has 0 aliphatic rings. The SMILES string of the molecule is CCC(Oc1ccc(C)cc1C)C(=O)Nc1cc([N+](=O)[O-])ccc1OC. The van der Waals surface area contributed by atoms with E-state index in [1.807, 2.05) is 39.0 Å². The topological polar surface area (TPSA) is 90.7 Å². The summed E-state index contributed by atoms with van der Waals surface area (Å²) in [6.45, 7) is 5.73. The molecule has 7 nitrogen and oxygen atoms in total. The third-order valence-electron chi connectivity index (χ3n) is 3.91. The van der Waals surface area contributed by atoms with Crippen LogP contribution in [-0.2, 0) is 4.79 Å². The molecule has 1 amide bonds. The maximum absolute atomic E-state index is 12.6. The average Bonchev–Trinajstić information content (AvgIpc) is 2.60. The van der Waals surface area contributed by atoms with E-state index in [1.54, 1.807) is 0 Å². The van der Waals surface area contributed by atoms with Gasteiger partial charge in [-0.3, -0.25) is 14.9 Å². The summed E-state index contributed by atoms with van der Waals surface area (Å²) in [5, 5.41) is 13.6. The lowest BCUT2D eigenvalue weighted by atomic mass is 10.1. The summed E-state index contributed by atoms with van der Waals surface area (Å²) >= 11 is 0. The van der Waals surface area contributed by atoms with Gasteiger partial charge in [0, 0.05) is 12.1 Å². The number of nitro groups is 1. The van der Waals surface area contributed by atoms with E-state index in [0.717, 1.165) is 11.1 Å². The van der Waals surface area contributed by atoms with E-state index < -0.39 is 16.9 Å². The Bertz CT molecular complexity index is 820. The molecule has 1 N–H and O–H groups in total. The summed E-state index contributed by atoms with van der Waals surface area (Å²) in [7, 11) is 1.43. The molecule has 0 saturated carbocycles. The van der Waals surface area contributed by atoms with Crippen LogP contribution in [0.3, 0.4) is 0 Å². The number of amides is 1. The van der Waals surface area contributed by atoms with Crippen molar-refractivity contribution < 1.29 is 19.2 Å². The van der Waals surface area contributed by atoms with E-state index in [0.29, 0.717) is 17.9 Å². The van der Waals surface area contributed by atoms with Gasteiger partial charge in [-0.25, -0.2) is 0 Å². The lowest BCUT2D eigenvalue weighted by molar-refractivity contribution is -0.384. The minimum Gasteiger partial charge on any atom is -0.495 e. The molecule has 2 aromatic rings. The van der Waals surface area contributed by atoms with Crippen molar-refractivity contribution in [1.82, 2.24) is 0 Å². The van der Waals surface area contributed by atoms with E-state index in [-0.39, 0.29) is 11.4 Å². The smallest absolute Gasteiger partial charge is 0.271 e. The van der Waals surface area contributed by atoms with Crippen molar-refractivity contribution in [2.24, 2.45) is 0 Å². The van der Waals surface area contributed by atoms with Crippen LogP contribution in [0.4, 0.5) is 11.4 Å². The van der Waals surface area contributed by atoms with Gasteiger partial charge in [0.15, 0.2) is 6.10 Å². The Hall–Kier alpha value is -3.09. The molecule has 2 aromatic carbocycles. The number of rotatable bonds is 7. The molecule has 1 atom stereocenters. The molecule has 138 valence electrons. The number of benzene rings is 2. The van der Waals surface area contributed by atoms with E-state index in [9.17, 15) is 14.9 Å². The van der Waals surface area contributed by atoms with Crippen LogP contribution in [-0.4, -0.2) is 24.0 Å². The van der Waals surface area contributed by atoms with Crippen LogP contribution in [0.1, 0.15) is 24.5 Å². The number of carbonyl (C=O) groups excluding carboxylic acids is 1. The number of carbonyl (C=O) groups is 1. The number of non-ortho nitro benzene ring substituents is 1. The maximum atomic E-state index is 12.6. The summed E-state index contributed by atoms with van der Waals surface area (Å²) in [5.74, 6) is 0.570. The van der Waals surface area contributed by atoms with Gasteiger partial charge < -0.3 is 14.8 Å². The first-order valence-electron chi connectivity index (χ1n) is 8.23. The molecule has 2 rings (SSSR count). The Balaban J connectivity index is 2.21. The van der Waals surface area contributed by atoms with E-state index in [1.165, 1.54) is 25.3 Å². The summed E-state index contributed by atoms with van der Waals surface area (Å²) < 4.78 is 11.0. The second-order valence-electron chi connectivity index (χ2n) is 5.91. The quantitative estimate of drug-likeness (QED) is 0.596. The van der Waals surface area contributed by atoms with Gasteiger partial charge in [-0.15, -0.1) is 0 Å². The Kier molecular flexibility index (Phi) is 6.16. The first-order valence-corrected chi connectivity index (χ1v) is 8.23. The van der Waals surface area contributed by atoms with Crippen LogP contribution in [0, 0.1) is 24.0 Å². The van der Waals surface area contributed by atoms with Crippen LogP contribution in [0.5, 0.6) is 11.5 Å². The minimum absolute atomic E-state index is 0.135. The van der Waals surface area contributed by atoms with Gasteiger partial charge in [0.1, 0.15) is 11.5 Å². The molecule has 26 heavy (non-hydrogen) atoms. The third kappa shape index (κ3) is 4.50. The van der Waals surface area contributed by atoms with Crippen LogP contribution in [0.25, 0.3) is 0 Å². The molecule has 7 heteroatoms. The fraction of sp³-hybridized carbons (Fsp3) is 0.316. The van der Waals surface area contributed by atoms with Gasteiger partial charge >= 0.3 is 0 Å². The first-order chi connectivity index (χ1) is 12.3. The van der Waals surface area contributed by atoms with Crippen LogP contribution in [0.15, 0.2) is 36.4 Å². The van der Waals surface area contributed by atoms with Crippen molar-refractivity contribution in [2.45, 2.75) is 33.3 Å². The molecular weight excluding hydrogens is 336 g/mol. The van der Waals surface area contributed by atoms with Gasteiger partial charge in [-0.05, 0) is 38.0 Å². The molecule has 0 aromatic heterocycles. The number of aryl methyl sites for hydroxylation is 2. The minimum atomic E-state index is -0.736. The Morgan fingerprint density at radius 3 is 2.46 bits per heavy atom. The van der Waals surface area contributed by atoms with Gasteiger partial charge in [0.05, 0.1) is 17.7 Å². The molecule has 0 fully saturated rings. The van der Waals surface area contributed by atoms with Crippen molar-refractivity contribution >= 4 is 17.3 Å². The van der Waals surface area contributed by atoms with Gasteiger partial charge in [-0.2, -0.15) is 0 Å². The van der Waals surface area contributed by atoms with Crippen molar-refractivity contribution in [2.75, 3.05) is 12.4 Å². The molecule has 1 unspecified atom stereocenters. The Morgan fingerprint density at radius 1 is 1.19 bits per heavy atom. The Morgan fingerprint density at radius 2 is 1.88 bits per heavy atom. The molecule has 0 saturated heterocycles. The predicted molar refractivity (Wildman–Crippen MR) is 98.9 cm³/mol. The third-order valence-corrected chi connectivity index (χ3v) is 3.91. The second-order valence-corrected chi connectivity index (χ2v) is 5.91. The monoisotopic (exact) mass is 358 g/mol. The van der Waals surface area contributed by atoms with Crippen molar-refractivity contribution in [1.29, 1.82) is 0 Å². The van der Waals surface area contributed by atoms with Crippen molar-refractivity contribution in [3.05, 3.63) is 57.6 Å². The number of hydrogen-bond acceptors (Lipinski definition) is 5. The van der Waals surface area contributed by atoms with Gasteiger partial charge in [0.2, 0.25) is 0 Å². The summed E-state index contributed by atoms with van der Waals surface area (Å²) in [5.41, 5.74) is 2.14. The molecular formula is C19H22N2O5. The van der Waals surface area contributed by atoms with E-state index in [2.05, 4.69) is 5.32 Å². The Labute approximate surface area is 152 Å². The predicted octanol–water partition coefficient (Wildman–Crippen LogP) is 4.02. The van der Waals surface area contributed by atoms with E-state index >= 15 is 0 Å².